The van der Waals surface area contributed by atoms with Crippen LogP contribution in [-0.4, -0.2) is 36.9 Å². The van der Waals surface area contributed by atoms with E-state index < -0.39 is 26.3 Å². The van der Waals surface area contributed by atoms with Gasteiger partial charge < -0.3 is 9.52 Å². The maximum atomic E-state index is 12.0. The Hall–Kier alpha value is -1.05. The second-order valence-electron chi connectivity index (χ2n) is 3.67. The number of carboxylic acid groups (broad SMARTS) is 1. The van der Waals surface area contributed by atoms with Gasteiger partial charge in [0.05, 0.1) is 0 Å². The van der Waals surface area contributed by atoms with Gasteiger partial charge in [-0.25, -0.2) is 13.2 Å². The molecule has 1 aromatic rings. The van der Waals surface area contributed by atoms with Gasteiger partial charge in [0.15, 0.2) is 0 Å². The van der Waals surface area contributed by atoms with Crippen LogP contribution in [0.5, 0.6) is 0 Å². The molecule has 0 spiro atoms. The number of halogens is 1. The van der Waals surface area contributed by atoms with Gasteiger partial charge in [-0.1, -0.05) is 0 Å². The van der Waals surface area contributed by atoms with Crippen LogP contribution >= 0.6 is 11.6 Å². The standard InChI is InChI=1S/C9H10ClNO5S/c10-8-6(9(12)13)5-7(16-8)17(14,15)11-3-1-2-4-11/h5H,1-4H2,(H,12,13). The molecule has 8 heteroatoms. The Morgan fingerprint density at radius 2 is 2.00 bits per heavy atom. The molecule has 1 saturated heterocycles. The first-order valence-corrected chi connectivity index (χ1v) is 6.77. The predicted octanol–water partition coefficient (Wildman–Crippen LogP) is 1.42. The molecule has 2 heterocycles. The van der Waals surface area contributed by atoms with E-state index in [2.05, 4.69) is 0 Å². The van der Waals surface area contributed by atoms with Crippen LogP contribution < -0.4 is 0 Å². The van der Waals surface area contributed by atoms with Crippen molar-refractivity contribution in [2.45, 2.75) is 17.9 Å². The van der Waals surface area contributed by atoms with Crippen molar-refractivity contribution in [2.24, 2.45) is 0 Å². The molecule has 0 atom stereocenters. The molecule has 0 amide bonds. The monoisotopic (exact) mass is 279 g/mol. The van der Waals surface area contributed by atoms with E-state index in [9.17, 15) is 13.2 Å². The summed E-state index contributed by atoms with van der Waals surface area (Å²) < 4.78 is 30.1. The fourth-order valence-corrected chi connectivity index (χ4v) is 3.39. The Labute approximate surface area is 103 Å². The Kier molecular flexibility index (Phi) is 3.15. The third kappa shape index (κ3) is 2.18. The van der Waals surface area contributed by atoms with Gasteiger partial charge in [-0.2, -0.15) is 4.31 Å². The fraction of sp³-hybridized carbons (Fsp3) is 0.444. The summed E-state index contributed by atoms with van der Waals surface area (Å²) in [6, 6.07) is 0.943. The van der Waals surface area contributed by atoms with Crippen LogP contribution in [-0.2, 0) is 10.0 Å². The van der Waals surface area contributed by atoms with Crippen LogP contribution in [0.2, 0.25) is 5.22 Å². The van der Waals surface area contributed by atoms with Crippen molar-refractivity contribution >= 4 is 27.6 Å². The van der Waals surface area contributed by atoms with Gasteiger partial charge >= 0.3 is 5.97 Å². The Morgan fingerprint density at radius 1 is 1.41 bits per heavy atom. The van der Waals surface area contributed by atoms with Crippen LogP contribution in [0.15, 0.2) is 15.6 Å². The lowest BCUT2D eigenvalue weighted by Crippen LogP contribution is -2.27. The highest BCUT2D eigenvalue weighted by Crippen LogP contribution is 2.28. The van der Waals surface area contributed by atoms with Gasteiger partial charge in [-0.15, -0.1) is 0 Å². The lowest BCUT2D eigenvalue weighted by Gasteiger charge is -2.12. The summed E-state index contributed by atoms with van der Waals surface area (Å²) in [5, 5.41) is 7.92. The number of furan rings is 1. The third-order valence-electron chi connectivity index (χ3n) is 2.55. The van der Waals surface area contributed by atoms with Crippen molar-refractivity contribution < 1.29 is 22.7 Å². The van der Waals surface area contributed by atoms with Gasteiger partial charge in [0.2, 0.25) is 10.3 Å². The molecule has 17 heavy (non-hydrogen) atoms. The molecule has 2 rings (SSSR count). The highest BCUT2D eigenvalue weighted by molar-refractivity contribution is 7.89. The molecule has 1 aromatic heterocycles. The topological polar surface area (TPSA) is 87.8 Å². The van der Waals surface area contributed by atoms with Gasteiger partial charge in [0.25, 0.3) is 10.0 Å². The van der Waals surface area contributed by atoms with E-state index in [0.717, 1.165) is 18.9 Å². The first-order chi connectivity index (χ1) is 7.93. The number of sulfonamides is 1. The Morgan fingerprint density at radius 3 is 2.47 bits per heavy atom. The van der Waals surface area contributed by atoms with Crippen molar-refractivity contribution in [1.82, 2.24) is 4.31 Å². The van der Waals surface area contributed by atoms with Gasteiger partial charge in [-0.3, -0.25) is 0 Å². The SMILES string of the molecule is O=C(O)c1cc(S(=O)(=O)N2CCCC2)oc1Cl. The number of carbonyl (C=O) groups is 1. The zero-order valence-electron chi connectivity index (χ0n) is 8.72. The summed E-state index contributed by atoms with van der Waals surface area (Å²) in [5.74, 6) is -1.32. The fourth-order valence-electron chi connectivity index (χ4n) is 1.68. The number of rotatable bonds is 3. The lowest BCUT2D eigenvalue weighted by molar-refractivity contribution is 0.0696. The zero-order valence-corrected chi connectivity index (χ0v) is 10.3. The lowest BCUT2D eigenvalue weighted by atomic mass is 10.3. The van der Waals surface area contributed by atoms with E-state index in [4.69, 9.17) is 21.1 Å². The van der Waals surface area contributed by atoms with E-state index in [1.165, 1.54) is 4.31 Å². The quantitative estimate of drug-likeness (QED) is 0.904. The first kappa shape index (κ1) is 12.4. The smallest absolute Gasteiger partial charge is 0.340 e. The van der Waals surface area contributed by atoms with Crippen LogP contribution in [0, 0.1) is 0 Å². The average Bonchev–Trinajstić information content (AvgIpc) is 2.84. The van der Waals surface area contributed by atoms with E-state index in [-0.39, 0.29) is 5.56 Å². The maximum absolute atomic E-state index is 12.0. The summed E-state index contributed by atoms with van der Waals surface area (Å²) >= 11 is 5.52. The highest BCUT2D eigenvalue weighted by Gasteiger charge is 2.32. The number of nitrogens with zero attached hydrogens (tertiary/aromatic N) is 1. The van der Waals surface area contributed by atoms with Crippen molar-refractivity contribution in [1.29, 1.82) is 0 Å². The van der Waals surface area contributed by atoms with Crippen molar-refractivity contribution in [3.05, 3.63) is 16.8 Å². The predicted molar refractivity (Wildman–Crippen MR) is 58.7 cm³/mol. The van der Waals surface area contributed by atoms with Crippen LogP contribution in [0.3, 0.4) is 0 Å². The van der Waals surface area contributed by atoms with Crippen molar-refractivity contribution in [3.8, 4) is 0 Å². The normalized spacial score (nSPS) is 17.5. The van der Waals surface area contributed by atoms with Gasteiger partial charge in [-0.05, 0) is 24.4 Å². The minimum absolute atomic E-state index is 0.343. The maximum Gasteiger partial charge on any atom is 0.340 e. The van der Waals surface area contributed by atoms with E-state index in [1.807, 2.05) is 0 Å². The number of carboxylic acids is 1. The minimum atomic E-state index is -3.75. The third-order valence-corrected chi connectivity index (χ3v) is 4.59. The number of hydrogen-bond donors (Lipinski definition) is 1. The number of aromatic carboxylic acids is 1. The number of hydrogen-bond acceptors (Lipinski definition) is 4. The summed E-state index contributed by atoms with van der Waals surface area (Å²) in [6.07, 6.45) is 1.58. The molecular weight excluding hydrogens is 270 g/mol. The van der Waals surface area contributed by atoms with Gasteiger partial charge in [0.1, 0.15) is 5.56 Å². The minimum Gasteiger partial charge on any atom is -0.478 e. The molecule has 0 radical (unpaired) electrons. The Balaban J connectivity index is 2.40. The van der Waals surface area contributed by atoms with Crippen LogP contribution in [0.1, 0.15) is 23.2 Å². The molecule has 1 aliphatic heterocycles. The zero-order chi connectivity index (χ0) is 12.6. The van der Waals surface area contributed by atoms with Crippen molar-refractivity contribution in [2.75, 3.05) is 13.1 Å². The summed E-state index contributed by atoms with van der Waals surface area (Å²) in [7, 11) is -3.75. The molecule has 94 valence electrons. The first-order valence-electron chi connectivity index (χ1n) is 4.95. The largest absolute Gasteiger partial charge is 0.478 e. The second-order valence-corrected chi connectivity index (χ2v) is 5.88. The molecular formula is C9H10ClNO5S. The van der Waals surface area contributed by atoms with E-state index in [1.54, 1.807) is 0 Å². The van der Waals surface area contributed by atoms with Crippen LogP contribution in [0.4, 0.5) is 0 Å². The molecule has 6 nitrogen and oxygen atoms in total. The van der Waals surface area contributed by atoms with E-state index >= 15 is 0 Å². The second kappa shape index (κ2) is 4.32. The summed E-state index contributed by atoms with van der Waals surface area (Å²) in [6.45, 7) is 0.839. The average molecular weight is 280 g/mol. The van der Waals surface area contributed by atoms with Gasteiger partial charge in [0, 0.05) is 19.2 Å². The molecule has 0 saturated carbocycles. The molecule has 0 aromatic carbocycles. The summed E-state index contributed by atoms with van der Waals surface area (Å²) in [5.41, 5.74) is -0.343. The molecule has 0 bridgehead atoms. The summed E-state index contributed by atoms with van der Waals surface area (Å²) in [4.78, 5) is 10.7. The molecule has 0 aliphatic carbocycles. The molecule has 1 N–H and O–H groups in total. The van der Waals surface area contributed by atoms with Crippen molar-refractivity contribution in [3.63, 3.8) is 0 Å². The molecule has 1 aliphatic rings. The highest BCUT2D eigenvalue weighted by atomic mass is 35.5. The Bertz CT molecular complexity index is 544. The van der Waals surface area contributed by atoms with Crippen LogP contribution in [0.25, 0.3) is 0 Å². The van der Waals surface area contributed by atoms with E-state index in [0.29, 0.717) is 13.1 Å². The molecule has 0 unspecified atom stereocenters. The molecule has 1 fully saturated rings.